The zero-order chi connectivity index (χ0) is 23.0. The van der Waals surface area contributed by atoms with Gasteiger partial charge in [0.1, 0.15) is 11.8 Å². The molecule has 33 heavy (non-hydrogen) atoms. The molecule has 6 nitrogen and oxygen atoms in total. The van der Waals surface area contributed by atoms with Crippen LogP contribution in [0.1, 0.15) is 33.0 Å². The van der Waals surface area contributed by atoms with Crippen molar-refractivity contribution >= 4 is 29.7 Å². The number of amides is 1. The maximum absolute atomic E-state index is 13.2. The fourth-order valence-electron chi connectivity index (χ4n) is 3.64. The summed E-state index contributed by atoms with van der Waals surface area (Å²) in [5.41, 5.74) is 9.16. The lowest BCUT2D eigenvalue weighted by Crippen LogP contribution is -2.43. The first kappa shape index (κ1) is 21.9. The lowest BCUT2D eigenvalue weighted by atomic mass is 9.85. The zero-order valence-electron chi connectivity index (χ0n) is 18.2. The number of Topliss-reactive ketones (excluding diaryl/α,β-unsaturated/α-hetero) is 1. The number of carbonyl (C=O) groups excluding carboxylic acids is 2. The lowest BCUT2D eigenvalue weighted by molar-refractivity contribution is -0.123. The van der Waals surface area contributed by atoms with Crippen LogP contribution in [0.4, 0.5) is 0 Å². The van der Waals surface area contributed by atoms with Crippen molar-refractivity contribution in [2.24, 2.45) is 10.2 Å². The molecule has 6 heteroatoms. The van der Waals surface area contributed by atoms with E-state index in [4.69, 9.17) is 0 Å². The van der Waals surface area contributed by atoms with Crippen molar-refractivity contribution in [1.29, 1.82) is 0 Å². The Hall–Kier alpha value is -4.32. The molecule has 164 valence electrons. The molecular weight excluding hydrogens is 412 g/mol. The van der Waals surface area contributed by atoms with Crippen molar-refractivity contribution in [2.45, 2.75) is 18.9 Å². The Morgan fingerprint density at radius 2 is 1.61 bits per heavy atom. The molecule has 3 aromatic carbocycles. The van der Waals surface area contributed by atoms with Gasteiger partial charge in [0.25, 0.3) is 5.91 Å². The summed E-state index contributed by atoms with van der Waals surface area (Å²) >= 11 is 0. The third-order valence-electron chi connectivity index (χ3n) is 5.36. The molecular formula is C27H24N4O2. The van der Waals surface area contributed by atoms with E-state index in [1.54, 1.807) is 18.2 Å². The molecule has 4 rings (SSSR count). The van der Waals surface area contributed by atoms with E-state index in [0.29, 0.717) is 11.3 Å². The summed E-state index contributed by atoms with van der Waals surface area (Å²) in [7, 11) is 0. The lowest BCUT2D eigenvalue weighted by Gasteiger charge is -2.19. The molecule has 0 saturated carbocycles. The third-order valence-corrected chi connectivity index (χ3v) is 5.36. The Morgan fingerprint density at radius 3 is 2.30 bits per heavy atom. The first-order valence-electron chi connectivity index (χ1n) is 10.7. The molecule has 0 fully saturated rings. The van der Waals surface area contributed by atoms with Gasteiger partial charge in [0.15, 0.2) is 0 Å². The number of rotatable bonds is 7. The SMILES string of the molecule is Cc1ccc(C(=O)C2=NNC(C(=O)N/N=C/C=C/c3ccccc3)C2c2ccccc2)cc1. The average Bonchev–Trinajstić information content (AvgIpc) is 3.30. The molecule has 1 heterocycles. The fraction of sp³-hybridized carbons (Fsp3) is 0.111. The fourth-order valence-corrected chi connectivity index (χ4v) is 3.64. The van der Waals surface area contributed by atoms with Gasteiger partial charge in [-0.25, -0.2) is 5.43 Å². The Balaban J connectivity index is 1.49. The van der Waals surface area contributed by atoms with Gasteiger partial charge in [-0.15, -0.1) is 0 Å². The van der Waals surface area contributed by atoms with E-state index in [0.717, 1.165) is 16.7 Å². The number of carbonyl (C=O) groups is 2. The molecule has 1 amide bonds. The Bertz CT molecular complexity index is 1200. The van der Waals surface area contributed by atoms with Gasteiger partial charge in [0.05, 0.1) is 5.92 Å². The minimum absolute atomic E-state index is 0.207. The van der Waals surface area contributed by atoms with Crippen LogP contribution < -0.4 is 10.9 Å². The summed E-state index contributed by atoms with van der Waals surface area (Å²) in [6.45, 7) is 1.96. The first-order chi connectivity index (χ1) is 16.1. The number of nitrogens with one attached hydrogen (secondary N) is 2. The van der Waals surface area contributed by atoms with Gasteiger partial charge in [-0.05, 0) is 24.1 Å². The number of benzene rings is 3. The molecule has 0 radical (unpaired) electrons. The van der Waals surface area contributed by atoms with E-state index in [-0.39, 0.29) is 11.7 Å². The molecule has 2 N–H and O–H groups in total. The van der Waals surface area contributed by atoms with Crippen LogP contribution in [0.15, 0.2) is 101 Å². The normalized spacial score (nSPS) is 17.7. The van der Waals surface area contributed by atoms with Gasteiger partial charge < -0.3 is 0 Å². The maximum atomic E-state index is 13.2. The second-order valence-electron chi connectivity index (χ2n) is 7.71. The molecule has 1 aliphatic heterocycles. The van der Waals surface area contributed by atoms with E-state index >= 15 is 0 Å². The van der Waals surface area contributed by atoms with Crippen molar-refractivity contribution in [3.63, 3.8) is 0 Å². The highest BCUT2D eigenvalue weighted by Gasteiger charge is 2.41. The highest BCUT2D eigenvalue weighted by Crippen LogP contribution is 2.28. The number of hydrogen-bond acceptors (Lipinski definition) is 5. The molecule has 0 saturated heterocycles. The van der Waals surface area contributed by atoms with Gasteiger partial charge in [-0.1, -0.05) is 96.6 Å². The predicted molar refractivity (Wildman–Crippen MR) is 131 cm³/mol. The van der Waals surface area contributed by atoms with Crippen LogP contribution in [-0.2, 0) is 4.79 Å². The topological polar surface area (TPSA) is 82.9 Å². The quantitative estimate of drug-likeness (QED) is 0.332. The largest absolute Gasteiger partial charge is 0.296 e. The Morgan fingerprint density at radius 1 is 0.939 bits per heavy atom. The first-order valence-corrected chi connectivity index (χ1v) is 10.7. The standard InChI is InChI=1S/C27H24N4O2/c1-19-14-16-22(17-15-19)26(32)24-23(21-12-6-3-7-13-21)25(30-29-24)27(33)31-28-18-8-11-20-9-4-2-5-10-20/h2-18,23,25,30H,1H3,(H,31,33)/b11-8+,28-18+. The van der Waals surface area contributed by atoms with Gasteiger partial charge >= 0.3 is 0 Å². The summed E-state index contributed by atoms with van der Waals surface area (Å²) in [5, 5.41) is 8.28. The number of aryl methyl sites for hydroxylation is 1. The van der Waals surface area contributed by atoms with Crippen LogP contribution in [0, 0.1) is 6.92 Å². The van der Waals surface area contributed by atoms with Crippen molar-refractivity contribution in [2.75, 3.05) is 0 Å². The molecule has 0 bridgehead atoms. The van der Waals surface area contributed by atoms with Crippen LogP contribution in [0.3, 0.4) is 0 Å². The molecule has 3 aromatic rings. The summed E-state index contributed by atoms with van der Waals surface area (Å²) in [4.78, 5) is 26.1. The Labute approximate surface area is 192 Å². The van der Waals surface area contributed by atoms with Crippen LogP contribution in [0.2, 0.25) is 0 Å². The van der Waals surface area contributed by atoms with Crippen LogP contribution >= 0.6 is 0 Å². The van der Waals surface area contributed by atoms with Gasteiger partial charge in [0, 0.05) is 11.8 Å². The minimum atomic E-state index is -0.757. The number of hydrogen-bond donors (Lipinski definition) is 2. The maximum Gasteiger partial charge on any atom is 0.265 e. The van der Waals surface area contributed by atoms with E-state index in [2.05, 4.69) is 21.1 Å². The molecule has 0 spiro atoms. The van der Waals surface area contributed by atoms with Crippen molar-refractivity contribution < 1.29 is 9.59 Å². The number of nitrogens with zero attached hydrogens (tertiary/aromatic N) is 2. The number of ketones is 1. The molecule has 2 unspecified atom stereocenters. The monoisotopic (exact) mass is 436 g/mol. The van der Waals surface area contributed by atoms with Crippen molar-refractivity contribution in [3.05, 3.63) is 113 Å². The smallest absolute Gasteiger partial charge is 0.265 e. The third kappa shape index (κ3) is 5.30. The summed E-state index contributed by atoms with van der Waals surface area (Å²) in [6.07, 6.45) is 5.14. The van der Waals surface area contributed by atoms with Crippen LogP contribution in [-0.4, -0.2) is 29.7 Å². The van der Waals surface area contributed by atoms with Gasteiger partial charge in [-0.2, -0.15) is 10.2 Å². The number of allylic oxidation sites excluding steroid dienone is 1. The van der Waals surface area contributed by atoms with Gasteiger partial charge in [-0.3, -0.25) is 15.0 Å². The van der Waals surface area contributed by atoms with Gasteiger partial charge in [0.2, 0.25) is 5.78 Å². The van der Waals surface area contributed by atoms with E-state index in [9.17, 15) is 9.59 Å². The predicted octanol–water partition coefficient (Wildman–Crippen LogP) is 4.10. The second kappa shape index (κ2) is 10.3. The van der Waals surface area contributed by atoms with Crippen LogP contribution in [0.5, 0.6) is 0 Å². The summed E-state index contributed by atoms with van der Waals surface area (Å²) in [5.74, 6) is -1.11. The molecule has 2 atom stereocenters. The number of hydrazone groups is 2. The van der Waals surface area contributed by atoms with E-state index in [1.807, 2.05) is 85.8 Å². The summed E-state index contributed by atoms with van der Waals surface area (Å²) in [6, 6.07) is 25.8. The average molecular weight is 437 g/mol. The highest BCUT2D eigenvalue weighted by molar-refractivity contribution is 6.48. The van der Waals surface area contributed by atoms with Crippen LogP contribution in [0.25, 0.3) is 6.08 Å². The summed E-state index contributed by atoms with van der Waals surface area (Å²) < 4.78 is 0. The van der Waals surface area contributed by atoms with Crippen molar-refractivity contribution in [1.82, 2.24) is 10.9 Å². The Kier molecular flexibility index (Phi) is 6.85. The van der Waals surface area contributed by atoms with E-state index in [1.165, 1.54) is 6.21 Å². The molecule has 1 aliphatic rings. The molecule has 0 aliphatic carbocycles. The van der Waals surface area contributed by atoms with E-state index < -0.39 is 12.0 Å². The highest BCUT2D eigenvalue weighted by atomic mass is 16.2. The molecule has 0 aromatic heterocycles. The minimum Gasteiger partial charge on any atom is -0.296 e. The van der Waals surface area contributed by atoms with Crippen molar-refractivity contribution in [3.8, 4) is 0 Å². The zero-order valence-corrected chi connectivity index (χ0v) is 18.2. The second-order valence-corrected chi connectivity index (χ2v) is 7.71.